The van der Waals surface area contributed by atoms with E-state index in [2.05, 4.69) is 36.5 Å². The highest BCUT2D eigenvalue weighted by Crippen LogP contribution is 2.29. The molecule has 0 saturated carbocycles. The number of methoxy groups -OCH3 is 1. The summed E-state index contributed by atoms with van der Waals surface area (Å²) in [5, 5.41) is 2.86. The van der Waals surface area contributed by atoms with Crippen LogP contribution in [0.5, 0.6) is 5.75 Å². The number of hydrogen-bond donors (Lipinski definition) is 1. The zero-order valence-electron chi connectivity index (χ0n) is 17.8. The highest BCUT2D eigenvalue weighted by molar-refractivity contribution is 7.98. The lowest BCUT2D eigenvalue weighted by Crippen LogP contribution is -2.13. The summed E-state index contributed by atoms with van der Waals surface area (Å²) in [6.45, 7) is 4.56. The minimum atomic E-state index is -0.417. The number of thioether (sulfide) groups is 1. The van der Waals surface area contributed by atoms with Gasteiger partial charge >= 0.3 is 5.97 Å². The van der Waals surface area contributed by atoms with Crippen LogP contribution in [0.1, 0.15) is 38.8 Å². The number of hydrogen-bond acceptors (Lipinski definition) is 5. The number of carbonyl (C=O) groups is 2. The van der Waals surface area contributed by atoms with Crippen molar-refractivity contribution in [3.05, 3.63) is 89.0 Å². The first-order chi connectivity index (χ1) is 15.0. The molecule has 0 unspecified atom stereocenters. The average molecular weight is 436 g/mol. The largest absolute Gasteiger partial charge is 0.494 e. The molecule has 3 aromatic carbocycles. The molecule has 6 heteroatoms. The van der Waals surface area contributed by atoms with Crippen LogP contribution in [0.3, 0.4) is 0 Å². The topological polar surface area (TPSA) is 64.6 Å². The van der Waals surface area contributed by atoms with Crippen LogP contribution < -0.4 is 10.1 Å². The molecule has 0 aliphatic heterocycles. The lowest BCUT2D eigenvalue weighted by atomic mass is 10.1. The zero-order valence-corrected chi connectivity index (χ0v) is 18.6. The van der Waals surface area contributed by atoms with Gasteiger partial charge in [-0.3, -0.25) is 4.79 Å². The Labute approximate surface area is 186 Å². The van der Waals surface area contributed by atoms with E-state index < -0.39 is 5.97 Å². The molecule has 5 nitrogen and oxygen atoms in total. The first-order valence-corrected chi connectivity index (χ1v) is 10.9. The van der Waals surface area contributed by atoms with Crippen LogP contribution in [0.15, 0.2) is 71.6 Å². The normalized spacial score (nSPS) is 10.4. The Hall–Kier alpha value is -3.25. The van der Waals surface area contributed by atoms with Crippen LogP contribution in [-0.4, -0.2) is 25.6 Å². The molecular formula is C25H25NO4S. The zero-order chi connectivity index (χ0) is 22.2. The van der Waals surface area contributed by atoms with Crippen molar-refractivity contribution in [1.29, 1.82) is 0 Å². The summed E-state index contributed by atoms with van der Waals surface area (Å²) in [6.07, 6.45) is 0. The van der Waals surface area contributed by atoms with Gasteiger partial charge in [-0.05, 0) is 68.4 Å². The maximum absolute atomic E-state index is 12.8. The van der Waals surface area contributed by atoms with Gasteiger partial charge < -0.3 is 14.8 Å². The lowest BCUT2D eigenvalue weighted by Gasteiger charge is -2.13. The smallest absolute Gasteiger partial charge is 0.337 e. The van der Waals surface area contributed by atoms with Crippen molar-refractivity contribution < 1.29 is 19.1 Å². The first kappa shape index (κ1) is 22.4. The molecule has 3 aromatic rings. The standard InChI is InChI=1S/C25H25NO4S/c1-4-30-23-14-9-19(15-20(23)16-31-22-12-5-17(2)6-13-22)24(27)26-21-10-7-18(8-11-21)25(28)29-3/h5-15H,4,16H2,1-3H3,(H,26,27). The van der Waals surface area contributed by atoms with Gasteiger partial charge in [-0.1, -0.05) is 17.7 Å². The van der Waals surface area contributed by atoms with Gasteiger partial charge in [0.1, 0.15) is 5.75 Å². The Kier molecular flexibility index (Phi) is 7.73. The quantitative estimate of drug-likeness (QED) is 0.362. The average Bonchev–Trinajstić information content (AvgIpc) is 2.79. The molecule has 0 radical (unpaired) electrons. The molecule has 0 spiro atoms. The van der Waals surface area contributed by atoms with Gasteiger partial charge in [0.15, 0.2) is 0 Å². The Morgan fingerprint density at radius 1 is 0.935 bits per heavy atom. The van der Waals surface area contributed by atoms with Crippen molar-refractivity contribution in [2.45, 2.75) is 24.5 Å². The van der Waals surface area contributed by atoms with Crippen LogP contribution in [0.25, 0.3) is 0 Å². The number of ether oxygens (including phenoxy) is 2. The molecule has 3 rings (SSSR count). The van der Waals surface area contributed by atoms with Crippen LogP contribution in [0, 0.1) is 6.92 Å². The molecule has 0 bridgehead atoms. The molecule has 0 atom stereocenters. The minimum absolute atomic E-state index is 0.226. The summed E-state index contributed by atoms with van der Waals surface area (Å²) in [5.41, 5.74) is 3.75. The van der Waals surface area contributed by atoms with Crippen molar-refractivity contribution in [1.82, 2.24) is 0 Å². The SMILES string of the molecule is CCOc1ccc(C(=O)Nc2ccc(C(=O)OC)cc2)cc1CSc1ccc(C)cc1. The third kappa shape index (κ3) is 6.12. The van der Waals surface area contributed by atoms with Crippen molar-refractivity contribution in [2.75, 3.05) is 19.0 Å². The summed E-state index contributed by atoms with van der Waals surface area (Å²) in [7, 11) is 1.33. The second-order valence-corrected chi connectivity index (χ2v) is 7.93. The van der Waals surface area contributed by atoms with Gasteiger partial charge in [0.25, 0.3) is 5.91 Å². The maximum Gasteiger partial charge on any atom is 0.337 e. The summed E-state index contributed by atoms with van der Waals surface area (Å²) >= 11 is 1.70. The van der Waals surface area contributed by atoms with E-state index >= 15 is 0 Å². The second kappa shape index (κ2) is 10.7. The molecule has 0 heterocycles. The highest BCUT2D eigenvalue weighted by atomic mass is 32.2. The maximum atomic E-state index is 12.8. The van der Waals surface area contributed by atoms with Crippen LogP contribution in [-0.2, 0) is 10.5 Å². The number of rotatable bonds is 8. The van der Waals surface area contributed by atoms with E-state index in [1.54, 1.807) is 42.1 Å². The van der Waals surface area contributed by atoms with E-state index in [-0.39, 0.29) is 5.91 Å². The molecule has 0 saturated heterocycles. The summed E-state index contributed by atoms with van der Waals surface area (Å²) in [6, 6.07) is 20.4. The number of carbonyl (C=O) groups excluding carboxylic acids is 2. The summed E-state index contributed by atoms with van der Waals surface area (Å²) in [5.74, 6) is 0.824. The van der Waals surface area contributed by atoms with E-state index in [1.807, 2.05) is 19.1 Å². The number of esters is 1. The number of anilines is 1. The van der Waals surface area contributed by atoms with E-state index in [0.717, 1.165) is 16.2 Å². The molecule has 31 heavy (non-hydrogen) atoms. The number of amides is 1. The van der Waals surface area contributed by atoms with Crippen LogP contribution >= 0.6 is 11.8 Å². The molecular weight excluding hydrogens is 410 g/mol. The fourth-order valence-electron chi connectivity index (χ4n) is 2.94. The van der Waals surface area contributed by atoms with Crippen molar-refractivity contribution in [2.24, 2.45) is 0 Å². The van der Waals surface area contributed by atoms with Gasteiger partial charge in [-0.25, -0.2) is 4.79 Å². The number of benzene rings is 3. The van der Waals surface area contributed by atoms with Crippen molar-refractivity contribution in [3.63, 3.8) is 0 Å². The summed E-state index contributed by atoms with van der Waals surface area (Å²) in [4.78, 5) is 25.5. The lowest BCUT2D eigenvalue weighted by molar-refractivity contribution is 0.0600. The highest BCUT2D eigenvalue weighted by Gasteiger charge is 2.12. The molecule has 160 valence electrons. The molecule has 0 aliphatic rings. The van der Waals surface area contributed by atoms with Gasteiger partial charge in [0.05, 0.1) is 19.3 Å². The Bertz CT molecular complexity index is 1050. The third-order valence-corrected chi connectivity index (χ3v) is 5.66. The van der Waals surface area contributed by atoms with Gasteiger partial charge in [-0.15, -0.1) is 11.8 Å². The monoisotopic (exact) mass is 435 g/mol. The van der Waals surface area contributed by atoms with Crippen molar-refractivity contribution in [3.8, 4) is 5.75 Å². The number of aryl methyl sites for hydroxylation is 1. The summed E-state index contributed by atoms with van der Waals surface area (Å²) < 4.78 is 10.4. The molecule has 0 aliphatic carbocycles. The third-order valence-electron chi connectivity index (χ3n) is 4.60. The van der Waals surface area contributed by atoms with Gasteiger partial charge in [0, 0.05) is 27.5 Å². The van der Waals surface area contributed by atoms with Gasteiger partial charge in [0.2, 0.25) is 0 Å². The Balaban J connectivity index is 1.74. The molecule has 1 amide bonds. The Morgan fingerprint density at radius 2 is 1.61 bits per heavy atom. The number of nitrogens with one attached hydrogen (secondary N) is 1. The van der Waals surface area contributed by atoms with Crippen LogP contribution in [0.4, 0.5) is 5.69 Å². The minimum Gasteiger partial charge on any atom is -0.494 e. The molecule has 0 fully saturated rings. The predicted octanol–water partition coefficient (Wildman–Crippen LogP) is 5.72. The van der Waals surface area contributed by atoms with Gasteiger partial charge in [-0.2, -0.15) is 0 Å². The molecule has 1 N–H and O–H groups in total. The first-order valence-electron chi connectivity index (χ1n) is 9.95. The van der Waals surface area contributed by atoms with E-state index in [0.29, 0.717) is 29.2 Å². The molecule has 0 aromatic heterocycles. The van der Waals surface area contributed by atoms with E-state index in [1.165, 1.54) is 12.7 Å². The van der Waals surface area contributed by atoms with Crippen LogP contribution in [0.2, 0.25) is 0 Å². The fourth-order valence-corrected chi connectivity index (χ4v) is 3.81. The van der Waals surface area contributed by atoms with E-state index in [4.69, 9.17) is 9.47 Å². The second-order valence-electron chi connectivity index (χ2n) is 6.88. The van der Waals surface area contributed by atoms with E-state index in [9.17, 15) is 9.59 Å². The Morgan fingerprint density at radius 3 is 2.26 bits per heavy atom. The predicted molar refractivity (Wildman–Crippen MR) is 124 cm³/mol. The fraction of sp³-hybridized carbons (Fsp3) is 0.200. The van der Waals surface area contributed by atoms with Crippen molar-refractivity contribution >= 4 is 29.3 Å².